The highest BCUT2D eigenvalue weighted by molar-refractivity contribution is 5.97. The molecule has 0 amide bonds. The smallest absolute Gasteiger partial charge is 0.168 e. The number of Topliss-reactive ketones (excluding diaryl/α,β-unsaturated/α-hetero) is 1. The Morgan fingerprint density at radius 3 is 2.47 bits per heavy atom. The molecular formula is C14H14N2O. The second-order valence-electron chi connectivity index (χ2n) is 4.01. The van der Waals surface area contributed by atoms with Crippen LogP contribution in [0, 0.1) is 13.8 Å². The Morgan fingerprint density at radius 2 is 1.82 bits per heavy atom. The zero-order valence-electron chi connectivity index (χ0n) is 9.97. The van der Waals surface area contributed by atoms with Crippen molar-refractivity contribution in [3.8, 4) is 0 Å². The van der Waals surface area contributed by atoms with Gasteiger partial charge in [0.2, 0.25) is 0 Å². The van der Waals surface area contributed by atoms with Crippen LogP contribution in [0.1, 0.15) is 27.6 Å². The molecule has 2 rings (SSSR count). The van der Waals surface area contributed by atoms with Gasteiger partial charge in [0, 0.05) is 11.3 Å². The van der Waals surface area contributed by atoms with Crippen LogP contribution in [0.3, 0.4) is 0 Å². The van der Waals surface area contributed by atoms with Crippen LogP contribution in [0.2, 0.25) is 0 Å². The predicted molar refractivity (Wildman–Crippen MR) is 66.0 cm³/mol. The third kappa shape index (κ3) is 2.97. The van der Waals surface area contributed by atoms with E-state index in [0.29, 0.717) is 12.2 Å². The van der Waals surface area contributed by atoms with Crippen molar-refractivity contribution >= 4 is 5.78 Å². The van der Waals surface area contributed by atoms with E-state index in [4.69, 9.17) is 0 Å². The highest BCUT2D eigenvalue weighted by Crippen LogP contribution is 2.07. The molecule has 0 aliphatic rings. The van der Waals surface area contributed by atoms with Crippen LogP contribution in [0.25, 0.3) is 0 Å². The lowest BCUT2D eigenvalue weighted by Crippen LogP contribution is -2.06. The summed E-state index contributed by atoms with van der Waals surface area (Å²) in [6, 6.07) is 11.1. The first-order valence-electron chi connectivity index (χ1n) is 5.54. The molecule has 86 valence electrons. The van der Waals surface area contributed by atoms with E-state index in [1.54, 1.807) is 0 Å². The first-order chi connectivity index (χ1) is 8.15. The van der Waals surface area contributed by atoms with Crippen LogP contribution in [0.15, 0.2) is 36.4 Å². The number of rotatable bonds is 3. The normalized spacial score (nSPS) is 10.2. The monoisotopic (exact) mass is 226 g/mol. The van der Waals surface area contributed by atoms with Gasteiger partial charge in [-0.15, -0.1) is 0 Å². The number of ketones is 1. The van der Waals surface area contributed by atoms with Gasteiger partial charge in [0.15, 0.2) is 5.78 Å². The molecule has 0 unspecified atom stereocenters. The third-order valence-corrected chi connectivity index (χ3v) is 2.46. The summed E-state index contributed by atoms with van der Waals surface area (Å²) in [5.74, 6) is 0.795. The zero-order chi connectivity index (χ0) is 12.3. The van der Waals surface area contributed by atoms with Crippen LogP contribution >= 0.6 is 0 Å². The number of aryl methyl sites for hydroxylation is 2. The second kappa shape index (κ2) is 4.87. The van der Waals surface area contributed by atoms with E-state index in [0.717, 1.165) is 17.0 Å². The van der Waals surface area contributed by atoms with Crippen molar-refractivity contribution in [2.45, 2.75) is 20.3 Å². The molecule has 0 aliphatic heterocycles. The van der Waals surface area contributed by atoms with E-state index < -0.39 is 0 Å². The number of nitrogens with zero attached hydrogens (tertiary/aromatic N) is 2. The van der Waals surface area contributed by atoms with E-state index in [1.165, 1.54) is 0 Å². The molecule has 0 radical (unpaired) electrons. The Bertz CT molecular complexity index is 515. The summed E-state index contributed by atoms with van der Waals surface area (Å²) < 4.78 is 0. The van der Waals surface area contributed by atoms with Crippen molar-refractivity contribution in [1.82, 2.24) is 9.97 Å². The maximum absolute atomic E-state index is 12.0. The Kier molecular flexibility index (Phi) is 3.28. The summed E-state index contributed by atoms with van der Waals surface area (Å²) in [5.41, 5.74) is 2.40. The molecule has 2 aromatic rings. The highest BCUT2D eigenvalue weighted by atomic mass is 16.1. The number of carbonyl (C=O) groups is 1. The van der Waals surface area contributed by atoms with Gasteiger partial charge in [0.1, 0.15) is 5.82 Å². The standard InChI is InChI=1S/C14H14N2O/c1-10-8-13(16-11(2)15-10)9-14(17)12-6-4-3-5-7-12/h3-8H,9H2,1-2H3. The summed E-state index contributed by atoms with van der Waals surface area (Å²) in [7, 11) is 0. The predicted octanol–water partition coefficient (Wildman–Crippen LogP) is 2.52. The largest absolute Gasteiger partial charge is 0.294 e. The fourth-order valence-electron chi connectivity index (χ4n) is 1.77. The third-order valence-electron chi connectivity index (χ3n) is 2.46. The first-order valence-corrected chi connectivity index (χ1v) is 5.54. The van der Waals surface area contributed by atoms with E-state index in [1.807, 2.05) is 50.2 Å². The zero-order valence-corrected chi connectivity index (χ0v) is 9.97. The first kappa shape index (κ1) is 11.5. The molecule has 0 spiro atoms. The maximum Gasteiger partial charge on any atom is 0.168 e. The molecule has 1 heterocycles. The van der Waals surface area contributed by atoms with Gasteiger partial charge in [-0.2, -0.15) is 0 Å². The average Bonchev–Trinajstić information content (AvgIpc) is 2.28. The molecule has 0 bridgehead atoms. The SMILES string of the molecule is Cc1cc(CC(=O)c2ccccc2)nc(C)n1. The minimum atomic E-state index is 0.0862. The Labute approximate surface area is 101 Å². The summed E-state index contributed by atoms with van der Waals surface area (Å²) in [6.45, 7) is 3.74. The number of carbonyl (C=O) groups excluding carboxylic acids is 1. The second-order valence-corrected chi connectivity index (χ2v) is 4.01. The quantitative estimate of drug-likeness (QED) is 0.755. The van der Waals surface area contributed by atoms with E-state index in [2.05, 4.69) is 9.97 Å². The number of benzene rings is 1. The van der Waals surface area contributed by atoms with Gasteiger partial charge >= 0.3 is 0 Å². The van der Waals surface area contributed by atoms with Crippen molar-refractivity contribution in [2.75, 3.05) is 0 Å². The minimum absolute atomic E-state index is 0.0862. The summed E-state index contributed by atoms with van der Waals surface area (Å²) in [6.07, 6.45) is 0.328. The molecule has 0 atom stereocenters. The lowest BCUT2D eigenvalue weighted by atomic mass is 10.1. The lowest BCUT2D eigenvalue weighted by Gasteiger charge is -2.03. The molecule has 3 nitrogen and oxygen atoms in total. The van der Waals surface area contributed by atoms with Crippen LogP contribution in [-0.2, 0) is 6.42 Å². The Morgan fingerprint density at radius 1 is 1.12 bits per heavy atom. The molecule has 0 aliphatic carbocycles. The molecule has 1 aromatic carbocycles. The topological polar surface area (TPSA) is 42.9 Å². The van der Waals surface area contributed by atoms with Crippen molar-refractivity contribution in [3.05, 3.63) is 59.2 Å². The Hall–Kier alpha value is -2.03. The van der Waals surface area contributed by atoms with E-state index in [9.17, 15) is 4.79 Å². The molecule has 0 N–H and O–H groups in total. The summed E-state index contributed by atoms with van der Waals surface area (Å²) >= 11 is 0. The maximum atomic E-state index is 12.0. The van der Waals surface area contributed by atoms with Crippen molar-refractivity contribution < 1.29 is 4.79 Å². The van der Waals surface area contributed by atoms with Crippen LogP contribution < -0.4 is 0 Å². The fraction of sp³-hybridized carbons (Fsp3) is 0.214. The van der Waals surface area contributed by atoms with Crippen molar-refractivity contribution in [3.63, 3.8) is 0 Å². The van der Waals surface area contributed by atoms with E-state index >= 15 is 0 Å². The van der Waals surface area contributed by atoms with Gasteiger partial charge in [0.25, 0.3) is 0 Å². The molecule has 0 saturated carbocycles. The average molecular weight is 226 g/mol. The number of aromatic nitrogens is 2. The van der Waals surface area contributed by atoms with Gasteiger partial charge < -0.3 is 0 Å². The molecule has 3 heteroatoms. The minimum Gasteiger partial charge on any atom is -0.294 e. The molecule has 0 saturated heterocycles. The number of hydrogen-bond acceptors (Lipinski definition) is 3. The highest BCUT2D eigenvalue weighted by Gasteiger charge is 2.08. The van der Waals surface area contributed by atoms with Gasteiger partial charge in [0.05, 0.1) is 12.1 Å². The Balaban J connectivity index is 2.19. The van der Waals surface area contributed by atoms with Crippen LogP contribution in [-0.4, -0.2) is 15.8 Å². The molecule has 17 heavy (non-hydrogen) atoms. The lowest BCUT2D eigenvalue weighted by molar-refractivity contribution is 0.0992. The van der Waals surface area contributed by atoms with Gasteiger partial charge in [-0.25, -0.2) is 9.97 Å². The fourth-order valence-corrected chi connectivity index (χ4v) is 1.77. The number of hydrogen-bond donors (Lipinski definition) is 0. The van der Waals surface area contributed by atoms with Crippen molar-refractivity contribution in [2.24, 2.45) is 0 Å². The van der Waals surface area contributed by atoms with Gasteiger partial charge in [-0.05, 0) is 19.9 Å². The van der Waals surface area contributed by atoms with Gasteiger partial charge in [-0.1, -0.05) is 30.3 Å². The summed E-state index contributed by atoms with van der Waals surface area (Å²) in [4.78, 5) is 20.4. The van der Waals surface area contributed by atoms with Crippen LogP contribution in [0.5, 0.6) is 0 Å². The van der Waals surface area contributed by atoms with Crippen molar-refractivity contribution in [1.29, 1.82) is 0 Å². The molecular weight excluding hydrogens is 212 g/mol. The summed E-state index contributed by atoms with van der Waals surface area (Å²) in [5, 5.41) is 0. The molecule has 1 aromatic heterocycles. The van der Waals surface area contributed by atoms with Crippen LogP contribution in [0.4, 0.5) is 0 Å². The van der Waals surface area contributed by atoms with Gasteiger partial charge in [-0.3, -0.25) is 4.79 Å². The van der Waals surface area contributed by atoms with E-state index in [-0.39, 0.29) is 5.78 Å². The molecule has 0 fully saturated rings.